The lowest BCUT2D eigenvalue weighted by atomic mass is 10.1. The van der Waals surface area contributed by atoms with E-state index >= 15 is 0 Å². The molecule has 5 nitrogen and oxygen atoms in total. The van der Waals surface area contributed by atoms with Crippen LogP contribution in [0.2, 0.25) is 0 Å². The predicted octanol–water partition coefficient (Wildman–Crippen LogP) is 3.41. The van der Waals surface area contributed by atoms with Crippen molar-refractivity contribution >= 4 is 44.8 Å². The Kier molecular flexibility index (Phi) is 6.49. The van der Waals surface area contributed by atoms with E-state index in [-0.39, 0.29) is 17.6 Å². The van der Waals surface area contributed by atoms with Crippen molar-refractivity contribution < 1.29 is 14.0 Å². The average molecular weight is 454 g/mol. The molecule has 0 aliphatic carbocycles. The van der Waals surface area contributed by atoms with Crippen molar-refractivity contribution in [2.45, 2.75) is 19.4 Å². The van der Waals surface area contributed by atoms with Crippen molar-refractivity contribution in [2.24, 2.45) is 5.92 Å². The molecule has 2 atom stereocenters. The minimum absolute atomic E-state index is 0.195. The molecule has 1 aliphatic heterocycles. The molecular weight excluding hydrogens is 433 g/mol. The Morgan fingerprint density at radius 2 is 2.04 bits per heavy atom. The van der Waals surface area contributed by atoms with Crippen LogP contribution in [0.5, 0.6) is 0 Å². The Hall–Kier alpha value is -1.93. The molecule has 0 saturated carbocycles. The summed E-state index contributed by atoms with van der Waals surface area (Å²) in [6, 6.07) is 9.39. The lowest BCUT2D eigenvalue weighted by Crippen LogP contribution is -2.46. The van der Waals surface area contributed by atoms with Crippen molar-refractivity contribution in [1.29, 1.82) is 0 Å². The van der Waals surface area contributed by atoms with Crippen molar-refractivity contribution in [2.75, 3.05) is 24.5 Å². The average Bonchev–Trinajstić information content (AvgIpc) is 3.29. The molecule has 1 aromatic carbocycles. The molecule has 0 radical (unpaired) electrons. The van der Waals surface area contributed by atoms with Gasteiger partial charge in [0, 0.05) is 25.3 Å². The Morgan fingerprint density at radius 1 is 1.30 bits per heavy atom. The number of benzene rings is 1. The molecule has 2 heterocycles. The van der Waals surface area contributed by atoms with Crippen LogP contribution < -0.4 is 15.5 Å². The zero-order valence-electron chi connectivity index (χ0n) is 14.9. The number of halogens is 2. The lowest BCUT2D eigenvalue weighted by molar-refractivity contribution is -0.122. The summed E-state index contributed by atoms with van der Waals surface area (Å²) in [4.78, 5) is 27.1. The summed E-state index contributed by atoms with van der Waals surface area (Å²) in [7, 11) is 0. The molecule has 0 spiro atoms. The van der Waals surface area contributed by atoms with Gasteiger partial charge in [-0.2, -0.15) is 0 Å². The van der Waals surface area contributed by atoms with E-state index in [9.17, 15) is 14.0 Å². The van der Waals surface area contributed by atoms with Gasteiger partial charge in [0.05, 0.1) is 8.66 Å². The Morgan fingerprint density at radius 3 is 2.70 bits per heavy atom. The molecule has 2 unspecified atom stereocenters. The molecule has 1 aromatic heterocycles. The van der Waals surface area contributed by atoms with Crippen molar-refractivity contribution in [3.05, 3.63) is 50.9 Å². The maximum absolute atomic E-state index is 13.0. The number of thiophene rings is 1. The van der Waals surface area contributed by atoms with Gasteiger partial charge in [-0.1, -0.05) is 0 Å². The highest BCUT2D eigenvalue weighted by molar-refractivity contribution is 9.11. The van der Waals surface area contributed by atoms with E-state index in [0.29, 0.717) is 17.3 Å². The van der Waals surface area contributed by atoms with Gasteiger partial charge in [-0.3, -0.25) is 9.59 Å². The topological polar surface area (TPSA) is 61.4 Å². The number of carbonyl (C=O) groups is 2. The molecular formula is C19H21BrFN3O2S. The first kappa shape index (κ1) is 19.8. The third-order valence-corrected chi connectivity index (χ3v) is 6.20. The SMILES string of the molecule is CC(NC(=O)c1ccc(Br)s1)C(=O)NCC1CCN(c2ccc(F)cc2)C1. The molecule has 2 aromatic rings. The zero-order chi connectivity index (χ0) is 19.4. The summed E-state index contributed by atoms with van der Waals surface area (Å²) in [5, 5.41) is 5.64. The quantitative estimate of drug-likeness (QED) is 0.704. The molecule has 2 N–H and O–H groups in total. The summed E-state index contributed by atoms with van der Waals surface area (Å²) in [6.07, 6.45) is 0.960. The van der Waals surface area contributed by atoms with Crippen molar-refractivity contribution in [1.82, 2.24) is 10.6 Å². The monoisotopic (exact) mass is 453 g/mol. The number of rotatable bonds is 6. The van der Waals surface area contributed by atoms with Gasteiger partial charge < -0.3 is 15.5 Å². The fourth-order valence-corrected chi connectivity index (χ4v) is 4.34. The lowest BCUT2D eigenvalue weighted by Gasteiger charge is -2.19. The van der Waals surface area contributed by atoms with Crippen LogP contribution in [0.4, 0.5) is 10.1 Å². The molecule has 1 aliphatic rings. The highest BCUT2D eigenvalue weighted by Gasteiger charge is 2.24. The molecule has 2 amide bonds. The smallest absolute Gasteiger partial charge is 0.262 e. The fourth-order valence-electron chi connectivity index (χ4n) is 3.05. The number of anilines is 1. The highest BCUT2D eigenvalue weighted by atomic mass is 79.9. The second-order valence-electron chi connectivity index (χ2n) is 6.62. The van der Waals surface area contributed by atoms with Crippen LogP contribution in [0.3, 0.4) is 0 Å². The molecule has 8 heteroatoms. The number of amides is 2. The van der Waals surface area contributed by atoms with E-state index in [1.54, 1.807) is 31.2 Å². The highest BCUT2D eigenvalue weighted by Crippen LogP contribution is 2.24. The Labute approximate surface area is 170 Å². The minimum Gasteiger partial charge on any atom is -0.371 e. The third-order valence-electron chi connectivity index (χ3n) is 4.58. The van der Waals surface area contributed by atoms with E-state index in [4.69, 9.17) is 0 Å². The zero-order valence-corrected chi connectivity index (χ0v) is 17.3. The molecule has 1 fully saturated rings. The number of hydrogen-bond donors (Lipinski definition) is 2. The van der Waals surface area contributed by atoms with E-state index < -0.39 is 6.04 Å². The second kappa shape index (κ2) is 8.84. The number of hydrogen-bond acceptors (Lipinski definition) is 4. The summed E-state index contributed by atoms with van der Waals surface area (Å²) < 4.78 is 13.9. The van der Waals surface area contributed by atoms with Gasteiger partial charge >= 0.3 is 0 Å². The first-order valence-corrected chi connectivity index (χ1v) is 10.4. The molecule has 3 rings (SSSR count). The number of nitrogens with one attached hydrogen (secondary N) is 2. The van der Waals surface area contributed by atoms with Crippen molar-refractivity contribution in [3.8, 4) is 0 Å². The van der Waals surface area contributed by atoms with Crippen LogP contribution in [0.15, 0.2) is 40.2 Å². The van der Waals surface area contributed by atoms with Crippen LogP contribution >= 0.6 is 27.3 Å². The van der Waals surface area contributed by atoms with Gasteiger partial charge in [0.1, 0.15) is 11.9 Å². The van der Waals surface area contributed by atoms with Crippen molar-refractivity contribution in [3.63, 3.8) is 0 Å². The summed E-state index contributed by atoms with van der Waals surface area (Å²) >= 11 is 4.65. The first-order valence-electron chi connectivity index (χ1n) is 8.77. The van der Waals surface area contributed by atoms with Crippen LogP contribution in [0.1, 0.15) is 23.0 Å². The standard InChI is InChI=1S/C19H21BrFN3O2S/c1-12(23-19(26)16-6-7-17(20)27-16)18(25)22-10-13-8-9-24(11-13)15-4-2-14(21)3-5-15/h2-7,12-13H,8-11H2,1H3,(H,22,25)(H,23,26). The molecule has 144 valence electrons. The van der Waals surface area contributed by atoms with Crippen LogP contribution in [-0.2, 0) is 4.79 Å². The fraction of sp³-hybridized carbons (Fsp3) is 0.368. The van der Waals surface area contributed by atoms with Gasteiger partial charge in [0.2, 0.25) is 5.91 Å². The van der Waals surface area contributed by atoms with Gasteiger partial charge in [0.25, 0.3) is 5.91 Å². The summed E-state index contributed by atoms with van der Waals surface area (Å²) in [5.74, 6) is -0.362. The Balaban J connectivity index is 1.43. The molecule has 1 saturated heterocycles. The van der Waals surface area contributed by atoms with Gasteiger partial charge in [0.15, 0.2) is 0 Å². The molecule has 27 heavy (non-hydrogen) atoms. The number of nitrogens with zero attached hydrogens (tertiary/aromatic N) is 1. The maximum atomic E-state index is 13.0. The van der Waals surface area contributed by atoms with E-state index in [1.165, 1.54) is 23.5 Å². The van der Waals surface area contributed by atoms with Crippen LogP contribution in [-0.4, -0.2) is 37.5 Å². The van der Waals surface area contributed by atoms with Gasteiger partial charge in [-0.15, -0.1) is 11.3 Å². The minimum atomic E-state index is -0.604. The maximum Gasteiger partial charge on any atom is 0.262 e. The number of carbonyl (C=O) groups excluding carboxylic acids is 2. The largest absolute Gasteiger partial charge is 0.371 e. The van der Waals surface area contributed by atoms with E-state index in [2.05, 4.69) is 31.5 Å². The Bertz CT molecular complexity index is 812. The van der Waals surface area contributed by atoms with E-state index in [1.807, 2.05) is 0 Å². The van der Waals surface area contributed by atoms with E-state index in [0.717, 1.165) is 29.0 Å². The van der Waals surface area contributed by atoms with Crippen LogP contribution in [0.25, 0.3) is 0 Å². The normalized spacial score (nSPS) is 17.6. The van der Waals surface area contributed by atoms with Gasteiger partial charge in [-0.05, 0) is 71.6 Å². The third kappa shape index (κ3) is 5.29. The predicted molar refractivity (Wildman–Crippen MR) is 109 cm³/mol. The molecule has 0 bridgehead atoms. The van der Waals surface area contributed by atoms with Crippen LogP contribution in [0, 0.1) is 11.7 Å². The summed E-state index contributed by atoms with van der Waals surface area (Å²) in [5.41, 5.74) is 0.993. The summed E-state index contributed by atoms with van der Waals surface area (Å²) in [6.45, 7) is 3.93. The van der Waals surface area contributed by atoms with Gasteiger partial charge in [-0.25, -0.2) is 4.39 Å². The second-order valence-corrected chi connectivity index (χ2v) is 9.08. The first-order chi connectivity index (χ1) is 12.9.